The highest BCUT2D eigenvalue weighted by atomic mass is 19.1. The van der Waals surface area contributed by atoms with Crippen LogP contribution in [-0.2, 0) is 0 Å². The first-order valence-electron chi connectivity index (χ1n) is 8.39. The minimum Gasteiger partial charge on any atom is -0.488 e. The van der Waals surface area contributed by atoms with E-state index in [2.05, 4.69) is 5.32 Å². The summed E-state index contributed by atoms with van der Waals surface area (Å²) >= 11 is 0. The Labute approximate surface area is 145 Å². The number of hydrogen-bond acceptors (Lipinski definition) is 4. The van der Waals surface area contributed by atoms with Crippen molar-refractivity contribution < 1.29 is 23.4 Å². The number of nitrogens with one attached hydrogen (secondary N) is 1. The van der Waals surface area contributed by atoms with Gasteiger partial charge in [0.05, 0.1) is 11.7 Å². The molecule has 0 radical (unpaired) electrons. The largest absolute Gasteiger partial charge is 0.488 e. The summed E-state index contributed by atoms with van der Waals surface area (Å²) in [5.74, 6) is 1.19. The van der Waals surface area contributed by atoms with E-state index in [9.17, 15) is 14.3 Å². The molecule has 0 saturated heterocycles. The molecule has 1 aliphatic rings. The van der Waals surface area contributed by atoms with Crippen LogP contribution in [-0.4, -0.2) is 29.8 Å². The van der Waals surface area contributed by atoms with Gasteiger partial charge in [-0.1, -0.05) is 0 Å². The Morgan fingerprint density at radius 3 is 2.68 bits per heavy atom. The topological polar surface area (TPSA) is 71.7 Å². The molecule has 1 heterocycles. The highest BCUT2D eigenvalue weighted by Gasteiger charge is 2.36. The van der Waals surface area contributed by atoms with E-state index in [4.69, 9.17) is 9.15 Å². The van der Waals surface area contributed by atoms with E-state index in [0.717, 1.165) is 6.42 Å². The van der Waals surface area contributed by atoms with E-state index < -0.39 is 6.10 Å². The van der Waals surface area contributed by atoms with E-state index >= 15 is 0 Å². The Morgan fingerprint density at radius 1 is 1.32 bits per heavy atom. The monoisotopic (exact) mass is 347 g/mol. The van der Waals surface area contributed by atoms with Gasteiger partial charge >= 0.3 is 0 Å². The number of carbonyl (C=O) groups is 1. The number of carbonyl (C=O) groups excluding carboxylic acids is 1. The zero-order valence-electron chi connectivity index (χ0n) is 14.3. The van der Waals surface area contributed by atoms with Crippen molar-refractivity contribution in [3.05, 3.63) is 53.2 Å². The average molecular weight is 347 g/mol. The Balaban J connectivity index is 1.53. The number of rotatable bonds is 5. The number of ether oxygens (including phenoxy) is 1. The predicted molar refractivity (Wildman–Crippen MR) is 90.1 cm³/mol. The third-order valence-corrected chi connectivity index (χ3v) is 4.60. The first-order chi connectivity index (χ1) is 11.9. The molecule has 1 aliphatic carbocycles. The molecule has 0 spiro atoms. The zero-order chi connectivity index (χ0) is 18.0. The van der Waals surface area contributed by atoms with Crippen LogP contribution in [0.2, 0.25) is 0 Å². The third kappa shape index (κ3) is 4.02. The van der Waals surface area contributed by atoms with Crippen molar-refractivity contribution in [1.82, 2.24) is 5.32 Å². The molecule has 0 aliphatic heterocycles. The quantitative estimate of drug-likeness (QED) is 0.872. The van der Waals surface area contributed by atoms with Crippen LogP contribution in [0.5, 0.6) is 5.75 Å². The maximum absolute atomic E-state index is 12.9. The molecule has 1 saturated carbocycles. The summed E-state index contributed by atoms with van der Waals surface area (Å²) in [6.45, 7) is 3.91. The summed E-state index contributed by atoms with van der Waals surface area (Å²) < 4.78 is 24.0. The molecule has 2 aromatic rings. The highest BCUT2D eigenvalue weighted by molar-refractivity contribution is 5.95. The normalized spacial score (nSPS) is 22.8. The third-order valence-electron chi connectivity index (χ3n) is 4.60. The first kappa shape index (κ1) is 17.5. The van der Waals surface area contributed by atoms with Gasteiger partial charge in [0, 0.05) is 12.5 Å². The van der Waals surface area contributed by atoms with Crippen molar-refractivity contribution in [2.45, 2.75) is 38.9 Å². The Morgan fingerprint density at radius 2 is 2.04 bits per heavy atom. The van der Waals surface area contributed by atoms with E-state index in [1.54, 1.807) is 32.0 Å². The summed E-state index contributed by atoms with van der Waals surface area (Å²) in [4.78, 5) is 12.2. The lowest BCUT2D eigenvalue weighted by Crippen LogP contribution is -2.37. The summed E-state index contributed by atoms with van der Waals surface area (Å²) in [5.41, 5.74) is 0.518. The zero-order valence-corrected chi connectivity index (χ0v) is 14.3. The fourth-order valence-corrected chi connectivity index (χ4v) is 3.24. The SMILES string of the molecule is Cc1cc(C(=O)NC[C@H]2CC[C@@H](Oc3ccc(F)cc3)[C@@H]2O)c(C)o1. The molecule has 1 fully saturated rings. The molecular weight excluding hydrogens is 325 g/mol. The lowest BCUT2D eigenvalue weighted by Gasteiger charge is -2.21. The van der Waals surface area contributed by atoms with Crippen LogP contribution < -0.4 is 10.1 Å². The van der Waals surface area contributed by atoms with Gasteiger partial charge in [-0.05, 0) is 57.0 Å². The summed E-state index contributed by atoms with van der Waals surface area (Å²) in [7, 11) is 0. The number of aliphatic hydroxyl groups excluding tert-OH is 1. The van der Waals surface area contributed by atoms with Gasteiger partial charge in [0.1, 0.15) is 29.2 Å². The molecular formula is C19H22FNO4. The lowest BCUT2D eigenvalue weighted by molar-refractivity contribution is 0.0348. The lowest BCUT2D eigenvalue weighted by atomic mass is 10.1. The van der Waals surface area contributed by atoms with Gasteiger partial charge in [0.2, 0.25) is 0 Å². The van der Waals surface area contributed by atoms with Crippen LogP contribution in [0.25, 0.3) is 0 Å². The molecule has 3 rings (SSSR count). The Kier molecular flexibility index (Phi) is 5.08. The summed E-state index contributed by atoms with van der Waals surface area (Å²) in [6.07, 6.45) is 0.391. The molecule has 0 bridgehead atoms. The second-order valence-corrected chi connectivity index (χ2v) is 6.48. The number of aliphatic hydroxyl groups is 1. The van der Waals surface area contributed by atoms with E-state index in [1.165, 1.54) is 12.1 Å². The fraction of sp³-hybridized carbons (Fsp3) is 0.421. The predicted octanol–water partition coefficient (Wildman–Crippen LogP) is 2.98. The van der Waals surface area contributed by atoms with E-state index in [1.807, 2.05) is 0 Å². The smallest absolute Gasteiger partial charge is 0.254 e. The second kappa shape index (κ2) is 7.27. The molecule has 3 atom stereocenters. The summed E-state index contributed by atoms with van der Waals surface area (Å²) in [5, 5.41) is 13.3. The van der Waals surface area contributed by atoms with Crippen LogP contribution in [0.4, 0.5) is 4.39 Å². The number of halogens is 1. The van der Waals surface area contributed by atoms with E-state index in [0.29, 0.717) is 35.8 Å². The first-order valence-corrected chi connectivity index (χ1v) is 8.39. The Hall–Kier alpha value is -2.34. The van der Waals surface area contributed by atoms with Crippen LogP contribution in [0.15, 0.2) is 34.7 Å². The molecule has 134 valence electrons. The van der Waals surface area contributed by atoms with Crippen LogP contribution in [0, 0.1) is 25.6 Å². The van der Waals surface area contributed by atoms with E-state index in [-0.39, 0.29) is 23.7 Å². The van der Waals surface area contributed by atoms with Crippen molar-refractivity contribution in [3.8, 4) is 5.75 Å². The maximum Gasteiger partial charge on any atom is 0.254 e. The minimum absolute atomic E-state index is 0.0808. The summed E-state index contributed by atoms with van der Waals surface area (Å²) in [6, 6.07) is 7.44. The van der Waals surface area contributed by atoms with Gasteiger partial charge in [0.15, 0.2) is 0 Å². The molecule has 0 unspecified atom stereocenters. The fourth-order valence-electron chi connectivity index (χ4n) is 3.24. The van der Waals surface area contributed by atoms with Crippen LogP contribution in [0.1, 0.15) is 34.7 Å². The van der Waals surface area contributed by atoms with Gasteiger partial charge in [-0.2, -0.15) is 0 Å². The van der Waals surface area contributed by atoms with Crippen LogP contribution in [0.3, 0.4) is 0 Å². The van der Waals surface area contributed by atoms with Gasteiger partial charge in [-0.25, -0.2) is 4.39 Å². The number of hydrogen-bond donors (Lipinski definition) is 2. The van der Waals surface area contributed by atoms with Crippen LogP contribution >= 0.6 is 0 Å². The minimum atomic E-state index is -0.683. The average Bonchev–Trinajstić information content (AvgIpc) is 3.10. The van der Waals surface area contributed by atoms with Gasteiger partial charge in [-0.15, -0.1) is 0 Å². The molecule has 6 heteroatoms. The molecule has 25 heavy (non-hydrogen) atoms. The molecule has 1 aromatic carbocycles. The number of amides is 1. The number of furan rings is 1. The van der Waals surface area contributed by atoms with Crippen molar-refractivity contribution in [3.63, 3.8) is 0 Å². The highest BCUT2D eigenvalue weighted by Crippen LogP contribution is 2.29. The van der Waals surface area contributed by atoms with Gasteiger partial charge < -0.3 is 19.6 Å². The number of benzene rings is 1. The molecule has 2 N–H and O–H groups in total. The Bertz CT molecular complexity index is 740. The van der Waals surface area contributed by atoms with Crippen molar-refractivity contribution >= 4 is 5.91 Å². The maximum atomic E-state index is 12.9. The van der Waals surface area contributed by atoms with Gasteiger partial charge in [-0.3, -0.25) is 4.79 Å². The molecule has 1 amide bonds. The van der Waals surface area contributed by atoms with Crippen molar-refractivity contribution in [2.75, 3.05) is 6.54 Å². The number of aryl methyl sites for hydroxylation is 2. The standard InChI is InChI=1S/C19H22FNO4/c1-11-9-16(12(2)24-11)19(23)21-10-13-3-8-17(18(13)22)25-15-6-4-14(20)5-7-15/h4-7,9,13,17-18,22H,3,8,10H2,1-2H3,(H,21,23)/t13-,17-,18-/m1/s1. The van der Waals surface area contributed by atoms with Crippen molar-refractivity contribution in [1.29, 1.82) is 0 Å². The van der Waals surface area contributed by atoms with Gasteiger partial charge in [0.25, 0.3) is 5.91 Å². The second-order valence-electron chi connectivity index (χ2n) is 6.48. The van der Waals surface area contributed by atoms with Crippen molar-refractivity contribution in [2.24, 2.45) is 5.92 Å². The molecule has 5 nitrogen and oxygen atoms in total. The molecule has 1 aromatic heterocycles.